The first-order valence-electron chi connectivity index (χ1n) is 11.0. The van der Waals surface area contributed by atoms with Crippen molar-refractivity contribution in [3.63, 3.8) is 0 Å². The fraction of sp³-hybridized carbons (Fsp3) is 0.652. The smallest absolute Gasteiger partial charge is 0.227 e. The molecule has 1 N–H and O–H groups in total. The molecule has 0 spiro atoms. The Labute approximate surface area is 173 Å². The van der Waals surface area contributed by atoms with Crippen LogP contribution in [0.1, 0.15) is 56.6 Å². The van der Waals surface area contributed by atoms with Crippen molar-refractivity contribution in [2.24, 2.45) is 11.8 Å². The van der Waals surface area contributed by atoms with Crippen LogP contribution in [0, 0.1) is 24.6 Å². The van der Waals surface area contributed by atoms with E-state index in [0.717, 1.165) is 44.1 Å². The molecule has 0 bridgehead atoms. The average molecular weight is 404 g/mol. The van der Waals surface area contributed by atoms with Crippen molar-refractivity contribution in [3.8, 4) is 0 Å². The number of benzene rings is 1. The Bertz CT molecular complexity index is 742. The fourth-order valence-electron chi connectivity index (χ4n) is 4.13. The topological polar surface area (TPSA) is 52.6 Å². The number of nitrogens with one attached hydrogen (secondary N) is 1. The Morgan fingerprint density at radius 3 is 2.41 bits per heavy atom. The van der Waals surface area contributed by atoms with Crippen LogP contribution in [0.4, 0.5) is 10.1 Å². The molecular formula is C23H34FN3O2. The molecule has 1 aromatic carbocycles. The molecule has 6 heteroatoms. The van der Waals surface area contributed by atoms with E-state index < -0.39 is 0 Å². The van der Waals surface area contributed by atoms with E-state index >= 15 is 0 Å². The molecule has 0 saturated heterocycles. The largest absolute Gasteiger partial charge is 0.341 e. The zero-order valence-electron chi connectivity index (χ0n) is 18.0. The van der Waals surface area contributed by atoms with Gasteiger partial charge in [-0.25, -0.2) is 4.39 Å². The SMILES string of the molecule is CCN(CCN(C)Cc1c(F)ccc(NC(=O)C2CC2)c1C)C(=O)C1CCCC1. The highest BCUT2D eigenvalue weighted by Gasteiger charge is 2.30. The van der Waals surface area contributed by atoms with E-state index in [9.17, 15) is 14.0 Å². The summed E-state index contributed by atoms with van der Waals surface area (Å²) in [5.41, 5.74) is 2.07. The van der Waals surface area contributed by atoms with Gasteiger partial charge in [-0.3, -0.25) is 9.59 Å². The molecule has 1 aromatic rings. The third kappa shape index (κ3) is 5.56. The van der Waals surface area contributed by atoms with Crippen LogP contribution < -0.4 is 5.32 Å². The minimum absolute atomic E-state index is 0.0306. The normalized spacial score (nSPS) is 17.0. The van der Waals surface area contributed by atoms with E-state index in [1.54, 1.807) is 6.07 Å². The number of rotatable bonds is 9. The summed E-state index contributed by atoms with van der Waals surface area (Å²) in [6, 6.07) is 3.08. The van der Waals surface area contributed by atoms with Crippen molar-refractivity contribution in [1.82, 2.24) is 9.80 Å². The third-order valence-corrected chi connectivity index (χ3v) is 6.32. The van der Waals surface area contributed by atoms with Gasteiger partial charge in [0, 0.05) is 49.3 Å². The molecule has 0 unspecified atom stereocenters. The monoisotopic (exact) mass is 403 g/mol. The number of carbonyl (C=O) groups excluding carboxylic acids is 2. The second-order valence-corrected chi connectivity index (χ2v) is 8.60. The number of anilines is 1. The Balaban J connectivity index is 1.58. The van der Waals surface area contributed by atoms with Gasteiger partial charge < -0.3 is 15.1 Å². The van der Waals surface area contributed by atoms with Crippen LogP contribution in [-0.2, 0) is 16.1 Å². The Morgan fingerprint density at radius 1 is 1.10 bits per heavy atom. The summed E-state index contributed by atoms with van der Waals surface area (Å²) in [7, 11) is 1.95. The number of nitrogens with zero attached hydrogens (tertiary/aromatic N) is 2. The predicted molar refractivity (Wildman–Crippen MR) is 113 cm³/mol. The summed E-state index contributed by atoms with van der Waals surface area (Å²) in [6.45, 7) is 6.36. The van der Waals surface area contributed by atoms with E-state index in [-0.39, 0.29) is 29.5 Å². The molecule has 2 saturated carbocycles. The van der Waals surface area contributed by atoms with Crippen molar-refractivity contribution in [2.75, 3.05) is 32.0 Å². The standard InChI is InChI=1S/C23H34FN3O2/c1-4-27(23(29)18-7-5-6-8-18)14-13-26(3)15-19-16(2)21(12-11-20(19)24)25-22(28)17-9-10-17/h11-12,17-18H,4-10,13-15H2,1-3H3,(H,25,28). The summed E-state index contributed by atoms with van der Waals surface area (Å²) in [5, 5.41) is 2.94. The summed E-state index contributed by atoms with van der Waals surface area (Å²) in [4.78, 5) is 28.7. The molecule has 0 radical (unpaired) electrons. The minimum Gasteiger partial charge on any atom is -0.341 e. The van der Waals surface area contributed by atoms with Crippen molar-refractivity contribution < 1.29 is 14.0 Å². The molecule has 2 amide bonds. The zero-order chi connectivity index (χ0) is 21.0. The van der Waals surface area contributed by atoms with Gasteiger partial charge in [0.25, 0.3) is 0 Å². The quantitative estimate of drug-likeness (QED) is 0.679. The van der Waals surface area contributed by atoms with Gasteiger partial charge in [-0.05, 0) is 64.3 Å². The first kappa shape index (κ1) is 21.8. The van der Waals surface area contributed by atoms with Crippen molar-refractivity contribution in [1.29, 1.82) is 0 Å². The average Bonchev–Trinajstić information content (AvgIpc) is 3.42. The number of hydrogen-bond donors (Lipinski definition) is 1. The molecular weight excluding hydrogens is 369 g/mol. The molecule has 3 rings (SSSR count). The Morgan fingerprint density at radius 2 is 1.79 bits per heavy atom. The van der Waals surface area contributed by atoms with Gasteiger partial charge in [-0.2, -0.15) is 0 Å². The van der Waals surface area contributed by atoms with E-state index in [1.165, 1.54) is 6.07 Å². The summed E-state index contributed by atoms with van der Waals surface area (Å²) in [5.74, 6) is 0.344. The van der Waals surface area contributed by atoms with Crippen LogP contribution in [0.2, 0.25) is 0 Å². The van der Waals surface area contributed by atoms with Gasteiger partial charge in [0.15, 0.2) is 0 Å². The molecule has 160 valence electrons. The molecule has 2 aliphatic rings. The summed E-state index contributed by atoms with van der Waals surface area (Å²) >= 11 is 0. The maximum absolute atomic E-state index is 14.5. The first-order chi connectivity index (χ1) is 13.9. The molecule has 29 heavy (non-hydrogen) atoms. The van der Waals surface area contributed by atoms with Crippen LogP contribution in [0.15, 0.2) is 12.1 Å². The lowest BCUT2D eigenvalue weighted by molar-refractivity contribution is -0.135. The Kier molecular flexibility index (Phi) is 7.28. The highest BCUT2D eigenvalue weighted by molar-refractivity contribution is 5.94. The predicted octanol–water partition coefficient (Wildman–Crippen LogP) is 3.95. The number of carbonyl (C=O) groups is 2. The van der Waals surface area contributed by atoms with Gasteiger partial charge in [0.05, 0.1) is 0 Å². The van der Waals surface area contributed by atoms with Crippen LogP contribution in [-0.4, -0.2) is 48.3 Å². The van der Waals surface area contributed by atoms with Crippen LogP contribution in [0.25, 0.3) is 0 Å². The highest BCUT2D eigenvalue weighted by Crippen LogP contribution is 2.31. The molecule has 2 aliphatic carbocycles. The van der Waals surface area contributed by atoms with Crippen LogP contribution >= 0.6 is 0 Å². The first-order valence-corrected chi connectivity index (χ1v) is 11.0. The highest BCUT2D eigenvalue weighted by atomic mass is 19.1. The number of halogens is 1. The van der Waals surface area contributed by atoms with E-state index in [0.29, 0.717) is 37.4 Å². The molecule has 0 heterocycles. The van der Waals surface area contributed by atoms with Gasteiger partial charge in [-0.15, -0.1) is 0 Å². The third-order valence-electron chi connectivity index (χ3n) is 6.32. The van der Waals surface area contributed by atoms with Gasteiger partial charge >= 0.3 is 0 Å². The minimum atomic E-state index is -0.256. The molecule has 0 atom stereocenters. The number of amides is 2. The lowest BCUT2D eigenvalue weighted by Gasteiger charge is -2.27. The summed E-state index contributed by atoms with van der Waals surface area (Å²) in [6.07, 6.45) is 6.20. The second kappa shape index (κ2) is 9.70. The van der Waals surface area contributed by atoms with E-state index in [4.69, 9.17) is 0 Å². The molecule has 0 aliphatic heterocycles. The molecule has 2 fully saturated rings. The Hall–Kier alpha value is -1.95. The van der Waals surface area contributed by atoms with E-state index in [2.05, 4.69) is 5.32 Å². The number of hydrogen-bond acceptors (Lipinski definition) is 3. The maximum atomic E-state index is 14.5. The number of likely N-dealkylation sites (N-methyl/N-ethyl adjacent to an activating group) is 2. The van der Waals surface area contributed by atoms with E-state index in [1.807, 2.05) is 30.7 Å². The van der Waals surface area contributed by atoms with Gasteiger partial charge in [-0.1, -0.05) is 12.8 Å². The molecule has 0 aromatic heterocycles. The van der Waals surface area contributed by atoms with Gasteiger partial charge in [0.2, 0.25) is 11.8 Å². The van der Waals surface area contributed by atoms with Gasteiger partial charge in [0.1, 0.15) is 5.82 Å². The lowest BCUT2D eigenvalue weighted by atomic mass is 10.0. The van der Waals surface area contributed by atoms with Crippen LogP contribution in [0.3, 0.4) is 0 Å². The zero-order valence-corrected chi connectivity index (χ0v) is 18.0. The van der Waals surface area contributed by atoms with Crippen molar-refractivity contribution >= 4 is 17.5 Å². The van der Waals surface area contributed by atoms with Crippen LogP contribution in [0.5, 0.6) is 0 Å². The second-order valence-electron chi connectivity index (χ2n) is 8.60. The lowest BCUT2D eigenvalue weighted by Crippen LogP contribution is -2.40. The van der Waals surface area contributed by atoms with Crippen molar-refractivity contribution in [2.45, 2.75) is 58.9 Å². The fourth-order valence-corrected chi connectivity index (χ4v) is 4.13. The molecule has 5 nitrogen and oxygen atoms in total. The summed E-state index contributed by atoms with van der Waals surface area (Å²) < 4.78 is 14.5. The van der Waals surface area contributed by atoms with Crippen molar-refractivity contribution in [3.05, 3.63) is 29.1 Å². The maximum Gasteiger partial charge on any atom is 0.227 e.